The second-order valence-corrected chi connectivity index (χ2v) is 8.03. The van der Waals surface area contributed by atoms with Crippen LogP contribution in [0.1, 0.15) is 135 Å². The first-order valence-electron chi connectivity index (χ1n) is 12.1. The fraction of sp³-hybridized carbons (Fsp3) is 0.958. The van der Waals surface area contributed by atoms with Gasteiger partial charge >= 0.3 is 0 Å². The van der Waals surface area contributed by atoms with Crippen LogP contribution in [0.5, 0.6) is 0 Å². The molecular formula is C24H50N2. The van der Waals surface area contributed by atoms with Crippen molar-refractivity contribution in [3.8, 4) is 0 Å². The molecule has 0 aliphatic rings. The number of nitrogens with zero attached hydrogens (tertiary/aromatic N) is 1. The Morgan fingerprint density at radius 2 is 0.885 bits per heavy atom. The highest BCUT2D eigenvalue weighted by Crippen LogP contribution is 2.14. The van der Waals surface area contributed by atoms with Gasteiger partial charge in [-0.15, -0.1) is 0 Å². The standard InChI is InChI=1S/C24H50N2/c1-2-3-4-5-6-7-8-9-10-11-12-13-14-15-16-17-18-19-20-21-23-26-24-22-25/h23H,2-22,24-25H2,1H3. The van der Waals surface area contributed by atoms with Crippen molar-refractivity contribution in [1.29, 1.82) is 0 Å². The topological polar surface area (TPSA) is 38.4 Å². The minimum atomic E-state index is 0.676. The van der Waals surface area contributed by atoms with Gasteiger partial charge in [-0.05, 0) is 19.1 Å². The highest BCUT2D eigenvalue weighted by atomic mass is 14.7. The maximum atomic E-state index is 5.40. The van der Waals surface area contributed by atoms with Gasteiger partial charge in [0.15, 0.2) is 0 Å². The number of aliphatic imine (C=N–C) groups is 1. The van der Waals surface area contributed by atoms with E-state index in [0.717, 1.165) is 13.0 Å². The number of nitrogens with two attached hydrogens (primary N) is 1. The van der Waals surface area contributed by atoms with Crippen LogP contribution in [-0.2, 0) is 0 Å². The van der Waals surface area contributed by atoms with Crippen molar-refractivity contribution >= 4 is 6.21 Å². The Morgan fingerprint density at radius 3 is 1.23 bits per heavy atom. The zero-order valence-electron chi connectivity index (χ0n) is 18.2. The van der Waals surface area contributed by atoms with Crippen molar-refractivity contribution in [3.05, 3.63) is 0 Å². The van der Waals surface area contributed by atoms with Crippen LogP contribution in [0.15, 0.2) is 4.99 Å². The summed E-state index contributed by atoms with van der Waals surface area (Å²) in [6.45, 7) is 3.76. The molecule has 0 bridgehead atoms. The van der Waals surface area contributed by atoms with E-state index in [4.69, 9.17) is 5.73 Å². The van der Waals surface area contributed by atoms with Crippen LogP contribution in [0.25, 0.3) is 0 Å². The van der Waals surface area contributed by atoms with Gasteiger partial charge in [0.05, 0.1) is 6.54 Å². The number of hydrogen-bond acceptors (Lipinski definition) is 2. The summed E-state index contributed by atoms with van der Waals surface area (Å²) < 4.78 is 0. The molecule has 0 amide bonds. The molecule has 0 atom stereocenters. The van der Waals surface area contributed by atoms with Gasteiger partial charge in [0.2, 0.25) is 0 Å². The first kappa shape index (κ1) is 25.6. The molecule has 26 heavy (non-hydrogen) atoms. The Morgan fingerprint density at radius 1 is 0.538 bits per heavy atom. The normalized spacial score (nSPS) is 11.6. The first-order valence-corrected chi connectivity index (χ1v) is 12.1. The third-order valence-corrected chi connectivity index (χ3v) is 5.32. The molecule has 0 saturated carbocycles. The molecule has 2 N–H and O–H groups in total. The first-order chi connectivity index (χ1) is 12.9. The average molecular weight is 367 g/mol. The molecule has 0 aliphatic carbocycles. The fourth-order valence-electron chi connectivity index (χ4n) is 3.57. The third kappa shape index (κ3) is 23.6. The van der Waals surface area contributed by atoms with Crippen LogP contribution in [-0.4, -0.2) is 19.3 Å². The van der Waals surface area contributed by atoms with Crippen LogP contribution in [0.3, 0.4) is 0 Å². The Balaban J connectivity index is 2.99. The van der Waals surface area contributed by atoms with Crippen molar-refractivity contribution in [3.63, 3.8) is 0 Å². The monoisotopic (exact) mass is 366 g/mol. The molecule has 0 aromatic heterocycles. The maximum absolute atomic E-state index is 5.40. The maximum Gasteiger partial charge on any atom is 0.0508 e. The Kier molecular flexibility index (Phi) is 24.3. The smallest absolute Gasteiger partial charge is 0.0508 e. The van der Waals surface area contributed by atoms with Crippen LogP contribution >= 0.6 is 0 Å². The van der Waals surface area contributed by atoms with Crippen molar-refractivity contribution in [1.82, 2.24) is 0 Å². The van der Waals surface area contributed by atoms with Gasteiger partial charge in [-0.25, -0.2) is 0 Å². The lowest BCUT2D eigenvalue weighted by atomic mass is 10.0. The Labute approximate surface area is 165 Å². The van der Waals surface area contributed by atoms with Gasteiger partial charge in [-0.2, -0.15) is 0 Å². The van der Waals surface area contributed by atoms with Crippen LogP contribution in [0.4, 0.5) is 0 Å². The predicted octanol–water partition coefficient (Wildman–Crippen LogP) is 7.84. The lowest BCUT2D eigenvalue weighted by Gasteiger charge is -2.03. The minimum absolute atomic E-state index is 0.676. The number of hydrogen-bond donors (Lipinski definition) is 1. The van der Waals surface area contributed by atoms with E-state index in [1.807, 2.05) is 0 Å². The van der Waals surface area contributed by atoms with E-state index >= 15 is 0 Å². The quantitative estimate of drug-likeness (QED) is 0.154. The molecule has 0 radical (unpaired) electrons. The highest BCUT2D eigenvalue weighted by Gasteiger charge is 1.95. The lowest BCUT2D eigenvalue weighted by Crippen LogP contribution is -2.02. The Hall–Kier alpha value is -0.370. The van der Waals surface area contributed by atoms with E-state index in [2.05, 4.69) is 18.1 Å². The molecule has 0 aliphatic heterocycles. The summed E-state index contributed by atoms with van der Waals surface area (Å²) in [5.41, 5.74) is 5.40. The van der Waals surface area contributed by atoms with E-state index in [-0.39, 0.29) is 0 Å². The van der Waals surface area contributed by atoms with Gasteiger partial charge in [-0.1, -0.05) is 122 Å². The summed E-state index contributed by atoms with van der Waals surface area (Å²) in [5.74, 6) is 0. The predicted molar refractivity (Wildman–Crippen MR) is 120 cm³/mol. The minimum Gasteiger partial charge on any atom is -0.329 e. The van der Waals surface area contributed by atoms with Gasteiger partial charge in [-0.3, -0.25) is 4.99 Å². The zero-order chi connectivity index (χ0) is 19.0. The van der Waals surface area contributed by atoms with E-state index in [9.17, 15) is 0 Å². The largest absolute Gasteiger partial charge is 0.329 e. The van der Waals surface area contributed by atoms with Gasteiger partial charge < -0.3 is 5.73 Å². The molecule has 0 spiro atoms. The Bertz CT molecular complexity index is 263. The molecule has 0 heterocycles. The van der Waals surface area contributed by atoms with E-state index in [1.54, 1.807) is 0 Å². The molecular weight excluding hydrogens is 316 g/mol. The van der Waals surface area contributed by atoms with Crippen LogP contribution < -0.4 is 5.73 Å². The number of unbranched alkanes of at least 4 members (excludes halogenated alkanes) is 19. The number of rotatable bonds is 22. The molecule has 0 aromatic carbocycles. The molecule has 0 rings (SSSR count). The van der Waals surface area contributed by atoms with Crippen LogP contribution in [0, 0.1) is 0 Å². The van der Waals surface area contributed by atoms with Gasteiger partial charge in [0.1, 0.15) is 0 Å². The lowest BCUT2D eigenvalue weighted by molar-refractivity contribution is 0.524. The summed E-state index contributed by atoms with van der Waals surface area (Å²) in [6.07, 6.45) is 30.6. The molecule has 0 fully saturated rings. The van der Waals surface area contributed by atoms with Crippen molar-refractivity contribution in [2.75, 3.05) is 13.1 Å². The summed E-state index contributed by atoms with van der Waals surface area (Å²) in [4.78, 5) is 4.26. The second kappa shape index (κ2) is 24.6. The van der Waals surface area contributed by atoms with Gasteiger partial charge in [0.25, 0.3) is 0 Å². The van der Waals surface area contributed by atoms with Crippen molar-refractivity contribution in [2.45, 2.75) is 135 Å². The molecule has 0 saturated heterocycles. The summed E-state index contributed by atoms with van der Waals surface area (Å²) >= 11 is 0. The fourth-order valence-corrected chi connectivity index (χ4v) is 3.57. The summed E-state index contributed by atoms with van der Waals surface area (Å²) in [6, 6.07) is 0. The van der Waals surface area contributed by atoms with E-state index in [0.29, 0.717) is 6.54 Å². The third-order valence-electron chi connectivity index (χ3n) is 5.32. The van der Waals surface area contributed by atoms with Gasteiger partial charge in [0, 0.05) is 6.54 Å². The van der Waals surface area contributed by atoms with E-state index < -0.39 is 0 Å². The molecule has 156 valence electrons. The summed E-state index contributed by atoms with van der Waals surface area (Å²) in [5, 5.41) is 0. The zero-order valence-corrected chi connectivity index (χ0v) is 18.2. The second-order valence-electron chi connectivity index (χ2n) is 8.03. The SMILES string of the molecule is CCCCCCCCCCCCCCCCCCCCCC=NCCN. The average Bonchev–Trinajstić information content (AvgIpc) is 2.66. The van der Waals surface area contributed by atoms with Crippen molar-refractivity contribution < 1.29 is 0 Å². The van der Waals surface area contributed by atoms with Crippen molar-refractivity contribution in [2.24, 2.45) is 10.7 Å². The molecule has 2 nitrogen and oxygen atoms in total. The molecule has 2 heteroatoms. The summed E-state index contributed by atoms with van der Waals surface area (Å²) in [7, 11) is 0. The van der Waals surface area contributed by atoms with Crippen LogP contribution in [0.2, 0.25) is 0 Å². The highest BCUT2D eigenvalue weighted by molar-refractivity contribution is 5.56. The molecule has 0 unspecified atom stereocenters. The van der Waals surface area contributed by atoms with E-state index in [1.165, 1.54) is 122 Å². The molecule has 0 aromatic rings.